The Hall–Kier alpha value is -1.45. The van der Waals surface area contributed by atoms with Crippen molar-refractivity contribution in [3.05, 3.63) is 44.1 Å². The number of aromatic nitrogens is 2. The standard InChI is InChI=1S/C16H13ClIN3O2S/c1-8-7-20-16(24-8)21-15(22)9(2)23-14-12(18)6-11(17)10-4-3-5-19-13(10)14/h3-7,9H,1-2H3,(H,20,21,22)/t9-/m0/s1. The third-order valence-electron chi connectivity index (χ3n) is 3.27. The highest BCUT2D eigenvalue weighted by atomic mass is 127. The molecule has 5 nitrogen and oxygen atoms in total. The fourth-order valence-electron chi connectivity index (χ4n) is 2.11. The van der Waals surface area contributed by atoms with Crippen LogP contribution in [0.4, 0.5) is 5.13 Å². The van der Waals surface area contributed by atoms with Gasteiger partial charge in [0.2, 0.25) is 0 Å². The monoisotopic (exact) mass is 473 g/mol. The van der Waals surface area contributed by atoms with Crippen molar-refractivity contribution in [2.24, 2.45) is 0 Å². The van der Waals surface area contributed by atoms with E-state index in [9.17, 15) is 4.79 Å². The van der Waals surface area contributed by atoms with E-state index in [1.165, 1.54) is 11.3 Å². The zero-order valence-electron chi connectivity index (χ0n) is 12.8. The summed E-state index contributed by atoms with van der Waals surface area (Å²) in [4.78, 5) is 21.8. The molecule has 0 aliphatic heterocycles. The molecule has 2 heterocycles. The average Bonchev–Trinajstić information content (AvgIpc) is 2.96. The molecular weight excluding hydrogens is 461 g/mol. The molecule has 8 heteroatoms. The van der Waals surface area contributed by atoms with Crippen LogP contribution in [0.1, 0.15) is 11.8 Å². The maximum Gasteiger partial charge on any atom is 0.266 e. The summed E-state index contributed by atoms with van der Waals surface area (Å²) in [6.45, 7) is 3.62. The van der Waals surface area contributed by atoms with Crippen LogP contribution in [0.5, 0.6) is 5.75 Å². The van der Waals surface area contributed by atoms with E-state index in [0.717, 1.165) is 13.8 Å². The van der Waals surface area contributed by atoms with Gasteiger partial charge in [-0.25, -0.2) is 4.98 Å². The third kappa shape index (κ3) is 3.62. The second-order valence-corrected chi connectivity index (χ2v) is 7.90. The topological polar surface area (TPSA) is 64.1 Å². The lowest BCUT2D eigenvalue weighted by atomic mass is 10.2. The van der Waals surface area contributed by atoms with Gasteiger partial charge in [0.05, 0.1) is 8.59 Å². The number of anilines is 1. The zero-order valence-corrected chi connectivity index (χ0v) is 16.6. The molecular formula is C16H13ClIN3O2S. The lowest BCUT2D eigenvalue weighted by Gasteiger charge is -2.16. The van der Waals surface area contributed by atoms with Gasteiger partial charge in [-0.3, -0.25) is 15.1 Å². The van der Waals surface area contributed by atoms with Gasteiger partial charge >= 0.3 is 0 Å². The lowest BCUT2D eigenvalue weighted by molar-refractivity contribution is -0.122. The van der Waals surface area contributed by atoms with Crippen molar-refractivity contribution in [3.8, 4) is 5.75 Å². The summed E-state index contributed by atoms with van der Waals surface area (Å²) in [5.41, 5.74) is 0.638. The zero-order chi connectivity index (χ0) is 17.3. The van der Waals surface area contributed by atoms with E-state index in [1.807, 2.05) is 19.1 Å². The maximum absolute atomic E-state index is 12.3. The number of carbonyl (C=O) groups is 1. The second kappa shape index (κ2) is 7.20. The Morgan fingerprint density at radius 2 is 2.25 bits per heavy atom. The summed E-state index contributed by atoms with van der Waals surface area (Å²) in [7, 11) is 0. The van der Waals surface area contributed by atoms with Crippen LogP contribution in [0.2, 0.25) is 5.02 Å². The summed E-state index contributed by atoms with van der Waals surface area (Å²) in [6, 6.07) is 5.48. The highest BCUT2D eigenvalue weighted by Crippen LogP contribution is 2.35. The van der Waals surface area contributed by atoms with Crippen LogP contribution in [0.15, 0.2) is 30.6 Å². The highest BCUT2D eigenvalue weighted by molar-refractivity contribution is 14.1. The number of thiazole rings is 1. The number of amides is 1. The molecule has 2 aromatic heterocycles. The van der Waals surface area contributed by atoms with Crippen LogP contribution in [-0.4, -0.2) is 22.0 Å². The molecule has 1 aromatic carbocycles. The quantitative estimate of drug-likeness (QED) is 0.560. The number of halogens is 2. The number of hydrogen-bond donors (Lipinski definition) is 1. The molecule has 0 bridgehead atoms. The molecule has 1 atom stereocenters. The van der Waals surface area contributed by atoms with Gasteiger partial charge in [0, 0.05) is 22.7 Å². The largest absolute Gasteiger partial charge is 0.477 e. The molecule has 0 spiro atoms. The Bertz CT molecular complexity index is 915. The first kappa shape index (κ1) is 17.4. The van der Waals surface area contributed by atoms with Gasteiger partial charge in [-0.1, -0.05) is 11.6 Å². The number of nitrogens with zero attached hydrogens (tertiary/aromatic N) is 2. The van der Waals surface area contributed by atoms with E-state index < -0.39 is 6.10 Å². The predicted molar refractivity (Wildman–Crippen MR) is 105 cm³/mol. The molecule has 3 rings (SSSR count). The van der Waals surface area contributed by atoms with Crippen molar-refractivity contribution < 1.29 is 9.53 Å². The first-order chi connectivity index (χ1) is 11.5. The van der Waals surface area contributed by atoms with E-state index in [1.54, 1.807) is 25.4 Å². The van der Waals surface area contributed by atoms with E-state index >= 15 is 0 Å². The van der Waals surface area contributed by atoms with E-state index in [-0.39, 0.29) is 5.91 Å². The number of hydrogen-bond acceptors (Lipinski definition) is 5. The van der Waals surface area contributed by atoms with Crippen LogP contribution in [0.25, 0.3) is 10.9 Å². The molecule has 124 valence electrons. The van der Waals surface area contributed by atoms with Crippen molar-refractivity contribution in [2.75, 3.05) is 5.32 Å². The van der Waals surface area contributed by atoms with Crippen molar-refractivity contribution in [1.29, 1.82) is 0 Å². The number of aryl methyl sites for hydroxylation is 1. The summed E-state index contributed by atoms with van der Waals surface area (Å²) < 4.78 is 6.69. The minimum absolute atomic E-state index is 0.265. The predicted octanol–water partition coefficient (Wildman–Crippen LogP) is 4.66. The van der Waals surface area contributed by atoms with Gasteiger partial charge in [0.15, 0.2) is 17.0 Å². The smallest absolute Gasteiger partial charge is 0.266 e. The van der Waals surface area contributed by atoms with Gasteiger partial charge in [-0.15, -0.1) is 11.3 Å². The van der Waals surface area contributed by atoms with Gasteiger partial charge in [-0.05, 0) is 54.6 Å². The fourth-order valence-corrected chi connectivity index (χ4v) is 3.92. The van der Waals surface area contributed by atoms with Gasteiger partial charge < -0.3 is 4.74 Å². The maximum atomic E-state index is 12.3. The molecule has 0 fully saturated rings. The minimum Gasteiger partial charge on any atom is -0.477 e. The summed E-state index contributed by atoms with van der Waals surface area (Å²) in [6.07, 6.45) is 2.69. The lowest BCUT2D eigenvalue weighted by Crippen LogP contribution is -2.30. The number of nitrogens with one attached hydrogen (secondary N) is 1. The Labute approximate surface area is 161 Å². The van der Waals surface area contributed by atoms with E-state index in [4.69, 9.17) is 16.3 Å². The molecule has 0 saturated heterocycles. The normalized spacial score (nSPS) is 12.2. The molecule has 0 unspecified atom stereocenters. The molecule has 1 N–H and O–H groups in total. The van der Waals surface area contributed by atoms with Crippen LogP contribution in [-0.2, 0) is 4.79 Å². The Balaban J connectivity index is 1.85. The Morgan fingerprint density at radius 3 is 2.96 bits per heavy atom. The molecule has 0 aliphatic rings. The molecule has 0 radical (unpaired) electrons. The van der Waals surface area contributed by atoms with Crippen LogP contribution >= 0.6 is 45.5 Å². The van der Waals surface area contributed by atoms with Crippen molar-refractivity contribution >= 4 is 67.5 Å². The first-order valence-corrected chi connectivity index (χ1v) is 9.35. The third-order valence-corrected chi connectivity index (χ3v) is 5.21. The van der Waals surface area contributed by atoms with Crippen LogP contribution < -0.4 is 10.1 Å². The van der Waals surface area contributed by atoms with E-state index in [2.05, 4.69) is 37.9 Å². The van der Waals surface area contributed by atoms with Gasteiger partial charge in [0.25, 0.3) is 5.91 Å². The van der Waals surface area contributed by atoms with Crippen LogP contribution in [0.3, 0.4) is 0 Å². The number of carbonyl (C=O) groups excluding carboxylic acids is 1. The fraction of sp³-hybridized carbons (Fsp3) is 0.188. The Kier molecular flexibility index (Phi) is 5.21. The van der Waals surface area contributed by atoms with Crippen molar-refractivity contribution in [2.45, 2.75) is 20.0 Å². The molecule has 0 saturated carbocycles. The van der Waals surface area contributed by atoms with Crippen molar-refractivity contribution in [1.82, 2.24) is 9.97 Å². The minimum atomic E-state index is -0.700. The number of pyridine rings is 1. The van der Waals surface area contributed by atoms with E-state index in [0.29, 0.717) is 21.4 Å². The highest BCUT2D eigenvalue weighted by Gasteiger charge is 2.20. The molecule has 1 amide bonds. The summed E-state index contributed by atoms with van der Waals surface area (Å²) >= 11 is 9.80. The molecule has 3 aromatic rings. The SMILES string of the molecule is Cc1cnc(NC(=O)[C@H](C)Oc2c(I)cc(Cl)c3cccnc23)s1. The number of ether oxygens (including phenoxy) is 1. The number of fused-ring (bicyclic) bond motifs is 1. The second-order valence-electron chi connectivity index (χ2n) is 5.09. The van der Waals surface area contributed by atoms with Gasteiger partial charge in [0.1, 0.15) is 5.52 Å². The number of rotatable bonds is 4. The van der Waals surface area contributed by atoms with Gasteiger partial charge in [-0.2, -0.15) is 0 Å². The Morgan fingerprint density at radius 1 is 1.46 bits per heavy atom. The molecule has 0 aliphatic carbocycles. The van der Waals surface area contributed by atoms with Crippen molar-refractivity contribution in [3.63, 3.8) is 0 Å². The van der Waals surface area contributed by atoms with Crippen LogP contribution in [0, 0.1) is 10.5 Å². The molecule has 24 heavy (non-hydrogen) atoms. The number of benzene rings is 1. The average molecular weight is 474 g/mol. The first-order valence-electron chi connectivity index (χ1n) is 7.08. The summed E-state index contributed by atoms with van der Waals surface area (Å²) in [5.74, 6) is 0.285. The summed E-state index contributed by atoms with van der Waals surface area (Å²) in [5, 5.41) is 4.71.